The van der Waals surface area contributed by atoms with Gasteiger partial charge in [-0.25, -0.2) is 13.6 Å². The molecule has 1 heterocycles. The lowest BCUT2D eigenvalue weighted by Crippen LogP contribution is -2.59. The van der Waals surface area contributed by atoms with E-state index in [4.69, 9.17) is 0 Å². The van der Waals surface area contributed by atoms with Crippen molar-refractivity contribution in [3.8, 4) is 0 Å². The molecule has 1 saturated carbocycles. The Bertz CT molecular complexity index is 372. The number of alkyl halides is 2. The van der Waals surface area contributed by atoms with Crippen molar-refractivity contribution in [1.29, 1.82) is 0 Å². The van der Waals surface area contributed by atoms with Gasteiger partial charge in [0.05, 0.1) is 0 Å². The zero-order valence-electron chi connectivity index (χ0n) is 8.74. The van der Waals surface area contributed by atoms with E-state index in [9.17, 15) is 23.2 Å². The minimum Gasteiger partial charge on any atom is -0.273 e. The van der Waals surface area contributed by atoms with E-state index >= 15 is 0 Å². The van der Waals surface area contributed by atoms with Gasteiger partial charge in [0, 0.05) is 20.0 Å². The van der Waals surface area contributed by atoms with Crippen LogP contribution >= 0.6 is 0 Å². The standard InChI is InChI=1S/C9H10F2N2O3/c1-12-6(14)9(3-4(9)5(10)11)7(15)13(2)8(12)16/h4-5H,3H2,1-2H3. The van der Waals surface area contributed by atoms with Crippen molar-refractivity contribution in [1.82, 2.24) is 9.80 Å². The van der Waals surface area contributed by atoms with Crippen LogP contribution in [0.3, 0.4) is 0 Å². The summed E-state index contributed by atoms with van der Waals surface area (Å²) in [5.74, 6) is -2.89. The topological polar surface area (TPSA) is 57.7 Å². The maximum Gasteiger partial charge on any atom is 0.332 e. The summed E-state index contributed by atoms with van der Waals surface area (Å²) in [5, 5.41) is 0. The van der Waals surface area contributed by atoms with Crippen molar-refractivity contribution in [2.24, 2.45) is 11.3 Å². The van der Waals surface area contributed by atoms with Crippen LogP contribution in [0.1, 0.15) is 6.42 Å². The highest BCUT2D eigenvalue weighted by Crippen LogP contribution is 2.59. The molecule has 2 rings (SSSR count). The molecule has 0 aromatic rings. The molecule has 0 bridgehead atoms. The van der Waals surface area contributed by atoms with Gasteiger partial charge >= 0.3 is 6.03 Å². The average molecular weight is 232 g/mol. The highest BCUT2D eigenvalue weighted by Gasteiger charge is 2.73. The minimum absolute atomic E-state index is 0.176. The molecule has 16 heavy (non-hydrogen) atoms. The molecule has 4 amide bonds. The first-order valence-electron chi connectivity index (χ1n) is 4.72. The van der Waals surface area contributed by atoms with Crippen LogP contribution in [0.15, 0.2) is 0 Å². The fourth-order valence-electron chi connectivity index (χ4n) is 2.17. The maximum absolute atomic E-state index is 12.5. The Hall–Kier alpha value is -1.53. The number of urea groups is 1. The average Bonchev–Trinajstić information content (AvgIpc) is 2.99. The number of barbiturate groups is 1. The Morgan fingerprint density at radius 1 is 1.19 bits per heavy atom. The van der Waals surface area contributed by atoms with Gasteiger partial charge in [-0.05, 0) is 6.42 Å². The molecule has 1 spiro atoms. The summed E-state index contributed by atoms with van der Waals surface area (Å²) >= 11 is 0. The molecule has 0 N–H and O–H groups in total. The largest absolute Gasteiger partial charge is 0.332 e. The number of hydrogen-bond acceptors (Lipinski definition) is 3. The Balaban J connectivity index is 2.37. The molecular weight excluding hydrogens is 222 g/mol. The molecule has 2 fully saturated rings. The highest BCUT2D eigenvalue weighted by atomic mass is 19.3. The minimum atomic E-state index is -2.72. The molecule has 1 atom stereocenters. The summed E-state index contributed by atoms with van der Waals surface area (Å²) in [6.07, 6.45) is -2.90. The van der Waals surface area contributed by atoms with Crippen LogP contribution in [-0.4, -0.2) is 48.2 Å². The van der Waals surface area contributed by atoms with Gasteiger partial charge in [-0.15, -0.1) is 0 Å². The quantitative estimate of drug-likeness (QED) is 0.611. The van der Waals surface area contributed by atoms with Crippen LogP contribution in [0.2, 0.25) is 0 Å². The number of hydrogen-bond donors (Lipinski definition) is 0. The molecular formula is C9H10F2N2O3. The molecule has 2 aliphatic rings. The number of carbonyl (C=O) groups is 3. The normalized spacial score (nSPS) is 28.3. The van der Waals surface area contributed by atoms with Crippen molar-refractivity contribution in [3.63, 3.8) is 0 Å². The van der Waals surface area contributed by atoms with E-state index in [0.717, 1.165) is 9.80 Å². The molecule has 0 aromatic carbocycles. The van der Waals surface area contributed by atoms with Crippen molar-refractivity contribution < 1.29 is 23.2 Å². The van der Waals surface area contributed by atoms with E-state index in [1.807, 2.05) is 0 Å². The van der Waals surface area contributed by atoms with E-state index in [1.54, 1.807) is 0 Å². The predicted octanol–water partition coefficient (Wildman–Crippen LogP) is 0.308. The molecule has 5 nitrogen and oxygen atoms in total. The highest BCUT2D eigenvalue weighted by molar-refractivity contribution is 6.20. The number of carbonyl (C=O) groups excluding carboxylic acids is 3. The molecule has 1 saturated heterocycles. The van der Waals surface area contributed by atoms with Crippen LogP contribution in [0, 0.1) is 11.3 Å². The van der Waals surface area contributed by atoms with Crippen molar-refractivity contribution >= 4 is 17.8 Å². The number of imide groups is 2. The van der Waals surface area contributed by atoms with E-state index in [2.05, 4.69) is 0 Å². The van der Waals surface area contributed by atoms with Gasteiger partial charge < -0.3 is 0 Å². The number of nitrogens with zero attached hydrogens (tertiary/aromatic N) is 2. The summed E-state index contributed by atoms with van der Waals surface area (Å²) in [4.78, 5) is 36.2. The van der Waals surface area contributed by atoms with Gasteiger partial charge in [-0.1, -0.05) is 0 Å². The van der Waals surface area contributed by atoms with Crippen LogP contribution in [0.5, 0.6) is 0 Å². The second-order valence-electron chi connectivity index (χ2n) is 4.13. The molecule has 1 unspecified atom stereocenters. The molecule has 7 heteroatoms. The first-order valence-corrected chi connectivity index (χ1v) is 4.72. The lowest BCUT2D eigenvalue weighted by atomic mass is 9.98. The van der Waals surface area contributed by atoms with Gasteiger partial charge in [0.2, 0.25) is 18.2 Å². The van der Waals surface area contributed by atoms with E-state index in [0.29, 0.717) is 0 Å². The van der Waals surface area contributed by atoms with Crippen LogP contribution in [-0.2, 0) is 9.59 Å². The summed E-state index contributed by atoms with van der Waals surface area (Å²) in [6, 6.07) is -0.777. The first-order chi connectivity index (χ1) is 7.34. The van der Waals surface area contributed by atoms with Crippen molar-refractivity contribution in [2.75, 3.05) is 14.1 Å². The predicted molar refractivity (Wildman–Crippen MR) is 47.5 cm³/mol. The van der Waals surface area contributed by atoms with Gasteiger partial charge in [-0.3, -0.25) is 19.4 Å². The lowest BCUT2D eigenvalue weighted by molar-refractivity contribution is -0.151. The van der Waals surface area contributed by atoms with Gasteiger partial charge in [0.25, 0.3) is 0 Å². The SMILES string of the molecule is CN1C(=O)N(C)C(=O)C2(CC2C(F)F)C1=O. The maximum atomic E-state index is 12.5. The molecule has 0 radical (unpaired) electrons. The van der Waals surface area contributed by atoms with Crippen LogP contribution < -0.4 is 0 Å². The first kappa shape index (κ1) is 11.0. The molecule has 1 aliphatic carbocycles. The third kappa shape index (κ3) is 1.05. The molecule has 88 valence electrons. The van der Waals surface area contributed by atoms with Gasteiger partial charge in [0.15, 0.2) is 0 Å². The zero-order valence-corrected chi connectivity index (χ0v) is 8.74. The Labute approximate surface area is 90.0 Å². The Kier molecular flexibility index (Phi) is 2.05. The smallest absolute Gasteiger partial charge is 0.273 e. The van der Waals surface area contributed by atoms with Crippen LogP contribution in [0.4, 0.5) is 13.6 Å². The monoisotopic (exact) mass is 232 g/mol. The fourth-order valence-corrected chi connectivity index (χ4v) is 2.17. The fraction of sp³-hybridized carbons (Fsp3) is 0.667. The number of halogens is 2. The molecule has 0 aromatic heterocycles. The lowest BCUT2D eigenvalue weighted by Gasteiger charge is -2.33. The van der Waals surface area contributed by atoms with Gasteiger partial charge in [0.1, 0.15) is 5.41 Å². The van der Waals surface area contributed by atoms with E-state index < -0.39 is 35.6 Å². The number of rotatable bonds is 1. The summed E-state index contributed by atoms with van der Waals surface area (Å²) < 4.78 is 25.0. The third-order valence-corrected chi connectivity index (χ3v) is 3.27. The Morgan fingerprint density at radius 2 is 1.62 bits per heavy atom. The van der Waals surface area contributed by atoms with Crippen molar-refractivity contribution in [3.05, 3.63) is 0 Å². The summed E-state index contributed by atoms with van der Waals surface area (Å²) in [5.41, 5.74) is -1.69. The number of amides is 4. The van der Waals surface area contributed by atoms with E-state index in [-0.39, 0.29) is 6.42 Å². The van der Waals surface area contributed by atoms with Crippen LogP contribution in [0.25, 0.3) is 0 Å². The molecule has 1 aliphatic heterocycles. The van der Waals surface area contributed by atoms with Gasteiger partial charge in [-0.2, -0.15) is 0 Å². The van der Waals surface area contributed by atoms with Crippen molar-refractivity contribution in [2.45, 2.75) is 12.8 Å². The third-order valence-electron chi connectivity index (χ3n) is 3.27. The second kappa shape index (κ2) is 2.99. The van der Waals surface area contributed by atoms with E-state index in [1.165, 1.54) is 14.1 Å². The summed E-state index contributed by atoms with van der Waals surface area (Å²) in [6.45, 7) is 0. The second-order valence-corrected chi connectivity index (χ2v) is 4.13. The zero-order chi connectivity index (χ0) is 12.2. The summed E-state index contributed by atoms with van der Waals surface area (Å²) in [7, 11) is 2.38. The Morgan fingerprint density at radius 3 is 1.94 bits per heavy atom.